The van der Waals surface area contributed by atoms with Crippen molar-refractivity contribution in [2.45, 2.75) is 26.3 Å². The second-order valence-corrected chi connectivity index (χ2v) is 4.02. The second-order valence-electron chi connectivity index (χ2n) is 4.02. The van der Waals surface area contributed by atoms with E-state index in [1.807, 2.05) is 32.0 Å². The van der Waals surface area contributed by atoms with E-state index in [1.54, 1.807) is 7.11 Å². The van der Waals surface area contributed by atoms with E-state index in [2.05, 4.69) is 5.32 Å². The highest BCUT2D eigenvalue weighted by molar-refractivity contribution is 5.81. The number of ether oxygens (including phenoxy) is 1. The molecule has 0 radical (unpaired) electrons. The number of primary amides is 1. The van der Waals surface area contributed by atoms with Gasteiger partial charge in [-0.1, -0.05) is 19.1 Å². The molecule has 0 aliphatic carbocycles. The molecule has 1 rings (SSSR count). The average Bonchev–Trinajstić information content (AvgIpc) is 2.29. The molecule has 4 heteroatoms. The van der Waals surface area contributed by atoms with Crippen molar-refractivity contribution in [3.63, 3.8) is 0 Å². The van der Waals surface area contributed by atoms with Crippen LogP contribution in [0, 0.1) is 6.92 Å². The summed E-state index contributed by atoms with van der Waals surface area (Å²) in [6.45, 7) is 4.75. The van der Waals surface area contributed by atoms with Gasteiger partial charge in [-0.15, -0.1) is 0 Å². The lowest BCUT2D eigenvalue weighted by atomic mass is 10.0. The number of carbonyl (C=O) groups excluding carboxylic acids is 1. The number of nitrogens with two attached hydrogens (primary N) is 1. The van der Waals surface area contributed by atoms with Crippen LogP contribution < -0.4 is 15.8 Å². The fourth-order valence-electron chi connectivity index (χ4n) is 1.75. The van der Waals surface area contributed by atoms with Crippen molar-refractivity contribution in [3.05, 3.63) is 29.3 Å². The van der Waals surface area contributed by atoms with Gasteiger partial charge in [0.15, 0.2) is 0 Å². The summed E-state index contributed by atoms with van der Waals surface area (Å²) in [5.41, 5.74) is 7.27. The molecular formula is C13H20N2O2. The number of amides is 1. The van der Waals surface area contributed by atoms with Gasteiger partial charge in [-0.05, 0) is 37.1 Å². The van der Waals surface area contributed by atoms with E-state index in [-0.39, 0.29) is 5.91 Å². The molecule has 1 unspecified atom stereocenters. The minimum atomic E-state index is -0.431. The van der Waals surface area contributed by atoms with E-state index in [4.69, 9.17) is 10.5 Å². The Morgan fingerprint density at radius 1 is 1.53 bits per heavy atom. The Hall–Kier alpha value is -1.55. The van der Waals surface area contributed by atoms with Crippen molar-refractivity contribution in [2.75, 3.05) is 13.7 Å². The van der Waals surface area contributed by atoms with Crippen molar-refractivity contribution >= 4 is 5.91 Å². The van der Waals surface area contributed by atoms with Crippen LogP contribution in [-0.4, -0.2) is 19.6 Å². The number of rotatable bonds is 6. The van der Waals surface area contributed by atoms with Crippen LogP contribution in [0.5, 0.6) is 5.75 Å². The van der Waals surface area contributed by atoms with E-state index in [0.717, 1.165) is 29.8 Å². The van der Waals surface area contributed by atoms with Gasteiger partial charge in [0, 0.05) is 0 Å². The summed E-state index contributed by atoms with van der Waals surface area (Å²) in [5.74, 6) is 0.454. The first-order valence-corrected chi connectivity index (χ1v) is 5.77. The van der Waals surface area contributed by atoms with Gasteiger partial charge in [-0.25, -0.2) is 0 Å². The number of nitrogens with one attached hydrogen (secondary N) is 1. The lowest BCUT2D eigenvalue weighted by Crippen LogP contribution is -2.34. The molecule has 0 heterocycles. The zero-order chi connectivity index (χ0) is 12.8. The minimum Gasteiger partial charge on any atom is -0.496 e. The molecule has 0 bridgehead atoms. The molecule has 1 amide bonds. The van der Waals surface area contributed by atoms with Crippen molar-refractivity contribution < 1.29 is 9.53 Å². The number of aryl methyl sites for hydroxylation is 1. The number of methoxy groups -OCH3 is 1. The summed E-state index contributed by atoms with van der Waals surface area (Å²) >= 11 is 0. The van der Waals surface area contributed by atoms with Crippen molar-refractivity contribution in [2.24, 2.45) is 5.73 Å². The van der Waals surface area contributed by atoms with Crippen molar-refractivity contribution in [1.29, 1.82) is 0 Å². The topological polar surface area (TPSA) is 64.3 Å². The molecule has 1 atom stereocenters. The molecule has 4 nitrogen and oxygen atoms in total. The van der Waals surface area contributed by atoms with Gasteiger partial charge in [0.05, 0.1) is 7.11 Å². The third-order valence-corrected chi connectivity index (χ3v) is 2.64. The standard InChI is InChI=1S/C13H20N2O2/c1-4-7-15-12(13(14)16)10-5-6-11(17-3)9(2)8-10/h5-6,8,12,15H,4,7H2,1-3H3,(H2,14,16). The highest BCUT2D eigenvalue weighted by Crippen LogP contribution is 2.22. The molecule has 17 heavy (non-hydrogen) atoms. The molecule has 0 saturated heterocycles. The summed E-state index contributed by atoms with van der Waals surface area (Å²) in [6.07, 6.45) is 0.957. The van der Waals surface area contributed by atoms with Crippen LogP contribution in [0.4, 0.5) is 0 Å². The lowest BCUT2D eigenvalue weighted by molar-refractivity contribution is -0.120. The van der Waals surface area contributed by atoms with Crippen LogP contribution in [0.3, 0.4) is 0 Å². The summed E-state index contributed by atoms with van der Waals surface area (Å²) in [4.78, 5) is 11.4. The average molecular weight is 236 g/mol. The zero-order valence-corrected chi connectivity index (χ0v) is 10.6. The van der Waals surface area contributed by atoms with E-state index < -0.39 is 6.04 Å². The predicted octanol–water partition coefficient (Wildman–Crippen LogP) is 1.53. The van der Waals surface area contributed by atoms with Crippen LogP contribution in [-0.2, 0) is 4.79 Å². The summed E-state index contributed by atoms with van der Waals surface area (Å²) in [5, 5.41) is 3.13. The molecule has 0 spiro atoms. The second kappa shape index (κ2) is 6.25. The van der Waals surface area contributed by atoms with Crippen molar-refractivity contribution in [3.8, 4) is 5.75 Å². The Morgan fingerprint density at radius 3 is 2.71 bits per heavy atom. The smallest absolute Gasteiger partial charge is 0.239 e. The Balaban J connectivity index is 2.94. The summed E-state index contributed by atoms with van der Waals surface area (Å²) in [7, 11) is 1.63. The normalized spacial score (nSPS) is 12.2. The van der Waals surface area contributed by atoms with Crippen LogP contribution in [0.1, 0.15) is 30.5 Å². The van der Waals surface area contributed by atoms with Crippen LogP contribution in [0.15, 0.2) is 18.2 Å². The fraction of sp³-hybridized carbons (Fsp3) is 0.462. The molecule has 0 aliphatic heterocycles. The molecule has 1 aromatic rings. The van der Waals surface area contributed by atoms with Gasteiger partial charge in [-0.3, -0.25) is 4.79 Å². The Labute approximate surface area is 102 Å². The maximum atomic E-state index is 11.4. The first kappa shape index (κ1) is 13.5. The molecule has 0 aromatic heterocycles. The molecular weight excluding hydrogens is 216 g/mol. The van der Waals surface area contributed by atoms with Gasteiger partial charge in [-0.2, -0.15) is 0 Å². The van der Waals surface area contributed by atoms with Crippen LogP contribution in [0.25, 0.3) is 0 Å². The lowest BCUT2D eigenvalue weighted by Gasteiger charge is -2.16. The first-order chi connectivity index (χ1) is 8.10. The Bertz CT molecular complexity index is 391. The number of carbonyl (C=O) groups is 1. The van der Waals surface area contributed by atoms with Gasteiger partial charge in [0.1, 0.15) is 11.8 Å². The van der Waals surface area contributed by atoms with E-state index in [9.17, 15) is 4.79 Å². The third-order valence-electron chi connectivity index (χ3n) is 2.64. The maximum Gasteiger partial charge on any atom is 0.239 e. The largest absolute Gasteiger partial charge is 0.496 e. The van der Waals surface area contributed by atoms with Crippen LogP contribution >= 0.6 is 0 Å². The van der Waals surface area contributed by atoms with Crippen LogP contribution in [0.2, 0.25) is 0 Å². The van der Waals surface area contributed by atoms with Crippen molar-refractivity contribution in [1.82, 2.24) is 5.32 Å². The third kappa shape index (κ3) is 3.46. The molecule has 3 N–H and O–H groups in total. The van der Waals surface area contributed by atoms with Gasteiger partial charge >= 0.3 is 0 Å². The van der Waals surface area contributed by atoms with E-state index >= 15 is 0 Å². The molecule has 94 valence electrons. The predicted molar refractivity (Wildman–Crippen MR) is 68.0 cm³/mol. The highest BCUT2D eigenvalue weighted by Gasteiger charge is 2.17. The Morgan fingerprint density at radius 2 is 2.24 bits per heavy atom. The first-order valence-electron chi connectivity index (χ1n) is 5.77. The van der Waals surface area contributed by atoms with E-state index in [0.29, 0.717) is 0 Å². The van der Waals surface area contributed by atoms with Gasteiger partial charge in [0.25, 0.3) is 0 Å². The number of hydrogen-bond donors (Lipinski definition) is 2. The number of hydrogen-bond acceptors (Lipinski definition) is 3. The summed E-state index contributed by atoms with van der Waals surface area (Å²) in [6, 6.07) is 5.22. The molecule has 0 saturated carbocycles. The monoisotopic (exact) mass is 236 g/mol. The number of benzene rings is 1. The zero-order valence-electron chi connectivity index (χ0n) is 10.6. The quantitative estimate of drug-likeness (QED) is 0.787. The minimum absolute atomic E-state index is 0.358. The SMILES string of the molecule is CCCNC(C(N)=O)c1ccc(OC)c(C)c1. The van der Waals surface area contributed by atoms with Gasteiger partial charge in [0.2, 0.25) is 5.91 Å². The fourth-order valence-corrected chi connectivity index (χ4v) is 1.75. The maximum absolute atomic E-state index is 11.4. The highest BCUT2D eigenvalue weighted by atomic mass is 16.5. The van der Waals surface area contributed by atoms with E-state index in [1.165, 1.54) is 0 Å². The molecule has 0 fully saturated rings. The van der Waals surface area contributed by atoms with Gasteiger partial charge < -0.3 is 15.8 Å². The summed E-state index contributed by atoms with van der Waals surface area (Å²) < 4.78 is 5.18. The Kier molecular flexibility index (Phi) is 4.97. The molecule has 0 aliphatic rings. The molecule has 1 aromatic carbocycles.